The van der Waals surface area contributed by atoms with Crippen LogP contribution in [0.25, 0.3) is 0 Å². The first-order valence-electron chi connectivity index (χ1n) is 11.1. The number of carbonyl (C=O) groups is 2. The van der Waals surface area contributed by atoms with Crippen LogP contribution in [0.5, 0.6) is 0 Å². The van der Waals surface area contributed by atoms with Crippen molar-refractivity contribution in [1.82, 2.24) is 10.6 Å². The van der Waals surface area contributed by atoms with Crippen LogP contribution in [0.15, 0.2) is 48.5 Å². The van der Waals surface area contributed by atoms with Gasteiger partial charge in [0.2, 0.25) is 11.8 Å². The zero-order valence-corrected chi connectivity index (χ0v) is 18.4. The highest BCUT2D eigenvalue weighted by Crippen LogP contribution is 2.32. The fraction of sp³-hybridized carbons (Fsp3) is 0.440. The van der Waals surface area contributed by atoms with Gasteiger partial charge in [0, 0.05) is 49.7 Å². The maximum atomic E-state index is 12.1. The number of benzene rings is 2. The molecule has 2 aliphatic rings. The second-order valence-electron chi connectivity index (χ2n) is 9.44. The molecule has 1 atom stereocenters. The van der Waals surface area contributed by atoms with Crippen molar-refractivity contribution in [1.29, 1.82) is 0 Å². The van der Waals surface area contributed by atoms with Gasteiger partial charge in [0.1, 0.15) is 0 Å². The highest BCUT2D eigenvalue weighted by Gasteiger charge is 2.27. The molecule has 2 saturated heterocycles. The molecule has 0 aromatic heterocycles. The van der Waals surface area contributed by atoms with E-state index in [-0.39, 0.29) is 24.2 Å². The van der Waals surface area contributed by atoms with Gasteiger partial charge in [-0.25, -0.2) is 0 Å². The molecule has 0 saturated carbocycles. The van der Waals surface area contributed by atoms with Crippen molar-refractivity contribution in [2.45, 2.75) is 39.7 Å². The molecule has 2 aromatic carbocycles. The quantitative estimate of drug-likeness (QED) is 0.664. The summed E-state index contributed by atoms with van der Waals surface area (Å²) in [5.74, 6) is -0.380. The van der Waals surface area contributed by atoms with Crippen molar-refractivity contribution >= 4 is 28.9 Å². The molecule has 164 valence electrons. The van der Waals surface area contributed by atoms with Gasteiger partial charge in [-0.3, -0.25) is 9.59 Å². The van der Waals surface area contributed by atoms with E-state index < -0.39 is 0 Å². The lowest BCUT2D eigenvalue weighted by Gasteiger charge is -2.38. The molecule has 6 nitrogen and oxygen atoms in total. The van der Waals surface area contributed by atoms with Crippen molar-refractivity contribution in [2.24, 2.45) is 11.3 Å². The molecule has 2 aromatic rings. The summed E-state index contributed by atoms with van der Waals surface area (Å²) in [7, 11) is 0. The summed E-state index contributed by atoms with van der Waals surface area (Å²) in [6.07, 6.45) is 2.74. The highest BCUT2D eigenvalue weighted by molar-refractivity contribution is 5.89. The fourth-order valence-electron chi connectivity index (χ4n) is 4.12. The van der Waals surface area contributed by atoms with Crippen LogP contribution in [-0.2, 0) is 16.1 Å². The first-order valence-corrected chi connectivity index (χ1v) is 11.1. The van der Waals surface area contributed by atoms with E-state index in [0.717, 1.165) is 30.0 Å². The molecule has 2 heterocycles. The van der Waals surface area contributed by atoms with Crippen LogP contribution >= 0.6 is 0 Å². The zero-order valence-electron chi connectivity index (χ0n) is 18.4. The van der Waals surface area contributed by atoms with Crippen molar-refractivity contribution in [2.75, 3.05) is 29.9 Å². The first-order chi connectivity index (χ1) is 14.9. The average Bonchev–Trinajstić information content (AvgIpc) is 3.20. The van der Waals surface area contributed by atoms with E-state index in [1.165, 1.54) is 18.5 Å². The number of amides is 2. The van der Waals surface area contributed by atoms with Gasteiger partial charge in [-0.05, 0) is 60.2 Å². The Hall–Kier alpha value is -3.02. The van der Waals surface area contributed by atoms with Gasteiger partial charge in [0.05, 0.1) is 5.92 Å². The molecule has 2 aliphatic heterocycles. The summed E-state index contributed by atoms with van der Waals surface area (Å²) in [5, 5.41) is 9.05. The maximum absolute atomic E-state index is 12.1. The topological polar surface area (TPSA) is 73.5 Å². The van der Waals surface area contributed by atoms with Gasteiger partial charge in [-0.15, -0.1) is 0 Å². The minimum atomic E-state index is -0.257. The predicted molar refractivity (Wildman–Crippen MR) is 124 cm³/mol. The number of nitrogens with one attached hydrogen (secondary N) is 3. The van der Waals surface area contributed by atoms with E-state index in [4.69, 9.17) is 0 Å². The van der Waals surface area contributed by atoms with Gasteiger partial charge < -0.3 is 20.9 Å². The van der Waals surface area contributed by atoms with E-state index >= 15 is 0 Å². The van der Waals surface area contributed by atoms with Gasteiger partial charge in [0.15, 0.2) is 0 Å². The maximum Gasteiger partial charge on any atom is 0.225 e. The second-order valence-corrected chi connectivity index (χ2v) is 9.44. The molecule has 2 amide bonds. The third-order valence-electron chi connectivity index (χ3n) is 6.41. The Morgan fingerprint density at radius 2 is 1.65 bits per heavy atom. The van der Waals surface area contributed by atoms with Crippen LogP contribution in [-0.4, -0.2) is 31.4 Å². The Labute approximate surface area is 184 Å². The largest absolute Gasteiger partial charge is 0.371 e. The van der Waals surface area contributed by atoms with E-state index in [1.54, 1.807) is 0 Å². The Kier molecular flexibility index (Phi) is 6.16. The second kappa shape index (κ2) is 9.00. The van der Waals surface area contributed by atoms with Crippen LogP contribution in [0.3, 0.4) is 0 Å². The number of carbonyl (C=O) groups excluding carboxylic acids is 2. The highest BCUT2D eigenvalue weighted by atomic mass is 16.2. The average molecular weight is 421 g/mol. The summed E-state index contributed by atoms with van der Waals surface area (Å²) in [5.41, 5.74) is 4.83. The van der Waals surface area contributed by atoms with E-state index in [0.29, 0.717) is 18.5 Å². The molecule has 31 heavy (non-hydrogen) atoms. The van der Waals surface area contributed by atoms with Gasteiger partial charge in [-0.2, -0.15) is 0 Å². The number of piperidine rings is 1. The van der Waals surface area contributed by atoms with Crippen molar-refractivity contribution < 1.29 is 9.59 Å². The summed E-state index contributed by atoms with van der Waals surface area (Å²) in [6.45, 7) is 7.83. The predicted octanol–water partition coefficient (Wildman–Crippen LogP) is 3.81. The van der Waals surface area contributed by atoms with Gasteiger partial charge in [0.25, 0.3) is 0 Å². The fourth-order valence-corrected chi connectivity index (χ4v) is 4.12. The zero-order chi connectivity index (χ0) is 21.8. The number of nitrogens with zero attached hydrogens (tertiary/aromatic N) is 1. The number of hydrogen-bond acceptors (Lipinski definition) is 4. The standard InChI is InChI=1S/C25H32N4O2/c1-25(2)11-13-29(14-12-25)22-9-7-21(8-10-22)28-20-5-3-18(4-6-20)16-27-24(31)19-15-23(30)26-17-19/h3-10,19,28H,11-17H2,1-2H3,(H,26,30)(H,27,31)/t19-/m1/s1. The molecule has 0 unspecified atom stereocenters. The third kappa shape index (κ3) is 5.57. The Morgan fingerprint density at radius 1 is 1.03 bits per heavy atom. The van der Waals surface area contributed by atoms with Crippen molar-refractivity contribution in [3.05, 3.63) is 54.1 Å². The normalized spacial score (nSPS) is 20.3. The number of hydrogen-bond donors (Lipinski definition) is 3. The smallest absolute Gasteiger partial charge is 0.225 e. The van der Waals surface area contributed by atoms with Crippen LogP contribution in [0.2, 0.25) is 0 Å². The molecular formula is C25H32N4O2. The van der Waals surface area contributed by atoms with Crippen LogP contribution < -0.4 is 20.9 Å². The molecule has 4 rings (SSSR count). The lowest BCUT2D eigenvalue weighted by molar-refractivity contribution is -0.126. The van der Waals surface area contributed by atoms with Gasteiger partial charge in [-0.1, -0.05) is 26.0 Å². The SMILES string of the molecule is CC1(C)CCN(c2ccc(Nc3ccc(CNC(=O)[C@H]4CNC(=O)C4)cc3)cc2)CC1. The molecule has 6 heteroatoms. The Morgan fingerprint density at radius 3 is 2.23 bits per heavy atom. The number of rotatable bonds is 6. The summed E-state index contributed by atoms with van der Waals surface area (Å²) >= 11 is 0. The van der Waals surface area contributed by atoms with Crippen molar-refractivity contribution in [3.63, 3.8) is 0 Å². The molecule has 2 fully saturated rings. The minimum absolute atomic E-state index is 0.0523. The number of anilines is 3. The van der Waals surface area contributed by atoms with Crippen LogP contribution in [0.4, 0.5) is 17.1 Å². The Bertz CT molecular complexity index is 912. The van der Waals surface area contributed by atoms with Crippen LogP contribution in [0.1, 0.15) is 38.7 Å². The van der Waals surface area contributed by atoms with Crippen LogP contribution in [0, 0.1) is 11.3 Å². The molecule has 0 spiro atoms. The summed E-state index contributed by atoms with van der Waals surface area (Å²) in [6, 6.07) is 16.7. The summed E-state index contributed by atoms with van der Waals surface area (Å²) < 4.78 is 0. The monoisotopic (exact) mass is 420 g/mol. The lowest BCUT2D eigenvalue weighted by Crippen LogP contribution is -2.37. The minimum Gasteiger partial charge on any atom is -0.371 e. The summed E-state index contributed by atoms with van der Waals surface area (Å²) in [4.78, 5) is 25.8. The molecule has 3 N–H and O–H groups in total. The Balaban J connectivity index is 1.27. The lowest BCUT2D eigenvalue weighted by atomic mass is 9.82. The molecule has 0 aliphatic carbocycles. The molecule has 0 radical (unpaired) electrons. The molecular weight excluding hydrogens is 388 g/mol. The van der Waals surface area contributed by atoms with E-state index in [2.05, 4.69) is 59.0 Å². The third-order valence-corrected chi connectivity index (χ3v) is 6.41. The van der Waals surface area contributed by atoms with Crippen molar-refractivity contribution in [3.8, 4) is 0 Å². The van der Waals surface area contributed by atoms with E-state index in [1.807, 2.05) is 24.3 Å². The van der Waals surface area contributed by atoms with Gasteiger partial charge >= 0.3 is 0 Å². The van der Waals surface area contributed by atoms with E-state index in [9.17, 15) is 9.59 Å². The molecule has 0 bridgehead atoms. The first kappa shape index (κ1) is 21.2.